The van der Waals surface area contributed by atoms with Crippen molar-refractivity contribution in [1.82, 2.24) is 0 Å². The zero-order chi connectivity index (χ0) is 10.7. The van der Waals surface area contributed by atoms with Gasteiger partial charge in [-0.25, -0.2) is 0 Å². The quantitative estimate of drug-likeness (QED) is 0.780. The van der Waals surface area contributed by atoms with E-state index in [9.17, 15) is 5.11 Å². The zero-order valence-electron chi connectivity index (χ0n) is 9.39. The maximum Gasteiger partial charge on any atom is 0.0574 e. The molecule has 0 saturated heterocycles. The molecule has 2 rings (SSSR count). The summed E-state index contributed by atoms with van der Waals surface area (Å²) in [6.45, 7) is 2.17. The van der Waals surface area contributed by atoms with Crippen LogP contribution in [0, 0.1) is 5.92 Å². The molecule has 0 unspecified atom stereocenters. The molecule has 0 amide bonds. The van der Waals surface area contributed by atoms with Gasteiger partial charge >= 0.3 is 0 Å². The Kier molecular flexibility index (Phi) is 3.42. The molecule has 1 aliphatic rings. The molecule has 0 heterocycles. The Labute approximate surface area is 92.1 Å². The molecular weight excluding hydrogens is 184 g/mol. The van der Waals surface area contributed by atoms with E-state index in [1.54, 1.807) is 0 Å². The van der Waals surface area contributed by atoms with Crippen LogP contribution in [-0.4, -0.2) is 11.2 Å². The van der Waals surface area contributed by atoms with E-state index in [1.807, 2.05) is 6.07 Å². The first-order valence-corrected chi connectivity index (χ1v) is 6.06. The van der Waals surface area contributed by atoms with E-state index in [-0.39, 0.29) is 6.10 Å². The molecule has 0 aliphatic heterocycles. The van der Waals surface area contributed by atoms with Crippen LogP contribution in [0.2, 0.25) is 0 Å². The van der Waals surface area contributed by atoms with Gasteiger partial charge in [-0.05, 0) is 30.2 Å². The molecule has 1 aliphatic carbocycles. The van der Waals surface area contributed by atoms with Crippen molar-refractivity contribution in [2.75, 3.05) is 0 Å². The summed E-state index contributed by atoms with van der Waals surface area (Å²) in [6.07, 6.45) is 4.41. The first-order chi connectivity index (χ1) is 7.33. The highest BCUT2D eigenvalue weighted by Crippen LogP contribution is 2.50. The van der Waals surface area contributed by atoms with Crippen LogP contribution in [0.15, 0.2) is 30.3 Å². The average Bonchev–Trinajstić information content (AvgIpc) is 3.07. The minimum atomic E-state index is -0.0739. The SMILES string of the molecule is CCCC[C@H](O)[C@H]1C[C@@H]1c1ccccc1. The third-order valence-corrected chi connectivity index (χ3v) is 3.42. The van der Waals surface area contributed by atoms with Crippen LogP contribution in [0.4, 0.5) is 0 Å². The van der Waals surface area contributed by atoms with Crippen LogP contribution < -0.4 is 0 Å². The summed E-state index contributed by atoms with van der Waals surface area (Å²) in [6, 6.07) is 10.6. The molecule has 1 heteroatoms. The number of unbranched alkanes of at least 4 members (excludes halogenated alkanes) is 1. The molecule has 1 aromatic carbocycles. The number of rotatable bonds is 5. The van der Waals surface area contributed by atoms with Gasteiger partial charge in [0.1, 0.15) is 0 Å². The van der Waals surface area contributed by atoms with Crippen LogP contribution >= 0.6 is 0 Å². The number of hydrogen-bond donors (Lipinski definition) is 1. The molecule has 1 fully saturated rings. The molecule has 0 bridgehead atoms. The second kappa shape index (κ2) is 4.80. The van der Waals surface area contributed by atoms with Crippen molar-refractivity contribution >= 4 is 0 Å². The van der Waals surface area contributed by atoms with E-state index >= 15 is 0 Å². The molecule has 82 valence electrons. The molecule has 1 N–H and O–H groups in total. The molecule has 15 heavy (non-hydrogen) atoms. The van der Waals surface area contributed by atoms with Gasteiger partial charge in [-0.2, -0.15) is 0 Å². The van der Waals surface area contributed by atoms with Crippen LogP contribution in [-0.2, 0) is 0 Å². The van der Waals surface area contributed by atoms with E-state index in [2.05, 4.69) is 31.2 Å². The molecule has 0 aromatic heterocycles. The minimum Gasteiger partial charge on any atom is -0.393 e. The number of aliphatic hydroxyl groups excluding tert-OH is 1. The Morgan fingerprint density at radius 3 is 2.73 bits per heavy atom. The van der Waals surface area contributed by atoms with E-state index in [4.69, 9.17) is 0 Å². The van der Waals surface area contributed by atoms with Gasteiger partial charge in [-0.3, -0.25) is 0 Å². The lowest BCUT2D eigenvalue weighted by atomic mass is 10.0. The van der Waals surface area contributed by atoms with Crippen molar-refractivity contribution in [3.8, 4) is 0 Å². The fourth-order valence-electron chi connectivity index (χ4n) is 2.35. The highest BCUT2D eigenvalue weighted by atomic mass is 16.3. The lowest BCUT2D eigenvalue weighted by molar-refractivity contribution is 0.136. The van der Waals surface area contributed by atoms with Crippen molar-refractivity contribution in [3.05, 3.63) is 35.9 Å². The van der Waals surface area contributed by atoms with Crippen molar-refractivity contribution in [3.63, 3.8) is 0 Å². The second-order valence-electron chi connectivity index (χ2n) is 4.63. The Morgan fingerprint density at radius 1 is 1.33 bits per heavy atom. The van der Waals surface area contributed by atoms with Crippen LogP contribution in [0.5, 0.6) is 0 Å². The zero-order valence-corrected chi connectivity index (χ0v) is 9.39. The molecule has 1 nitrogen and oxygen atoms in total. The van der Waals surface area contributed by atoms with Gasteiger partial charge < -0.3 is 5.11 Å². The number of benzene rings is 1. The van der Waals surface area contributed by atoms with Gasteiger partial charge in [0.2, 0.25) is 0 Å². The van der Waals surface area contributed by atoms with E-state index in [1.165, 1.54) is 18.4 Å². The third-order valence-electron chi connectivity index (χ3n) is 3.42. The van der Waals surface area contributed by atoms with Gasteiger partial charge in [-0.15, -0.1) is 0 Å². The summed E-state index contributed by atoms with van der Waals surface area (Å²) < 4.78 is 0. The average molecular weight is 204 g/mol. The van der Waals surface area contributed by atoms with Gasteiger partial charge in [0, 0.05) is 0 Å². The largest absolute Gasteiger partial charge is 0.393 e. The number of hydrogen-bond acceptors (Lipinski definition) is 1. The highest BCUT2D eigenvalue weighted by Gasteiger charge is 2.42. The Hall–Kier alpha value is -0.820. The molecule has 0 spiro atoms. The van der Waals surface area contributed by atoms with Crippen molar-refractivity contribution < 1.29 is 5.11 Å². The monoisotopic (exact) mass is 204 g/mol. The summed E-state index contributed by atoms with van der Waals surface area (Å²) in [7, 11) is 0. The van der Waals surface area contributed by atoms with Crippen LogP contribution in [0.1, 0.15) is 44.1 Å². The summed E-state index contributed by atoms with van der Waals surface area (Å²) in [5.74, 6) is 1.15. The Morgan fingerprint density at radius 2 is 2.07 bits per heavy atom. The predicted molar refractivity (Wildman–Crippen MR) is 62.8 cm³/mol. The third kappa shape index (κ3) is 2.60. The van der Waals surface area contributed by atoms with Gasteiger partial charge in [0.25, 0.3) is 0 Å². The fraction of sp³-hybridized carbons (Fsp3) is 0.571. The van der Waals surface area contributed by atoms with Crippen LogP contribution in [0.25, 0.3) is 0 Å². The lowest BCUT2D eigenvalue weighted by Gasteiger charge is -2.09. The second-order valence-corrected chi connectivity index (χ2v) is 4.63. The van der Waals surface area contributed by atoms with Gasteiger partial charge in [0.05, 0.1) is 6.10 Å². The first kappa shape index (κ1) is 10.7. The van der Waals surface area contributed by atoms with Crippen molar-refractivity contribution in [2.24, 2.45) is 5.92 Å². The maximum atomic E-state index is 9.95. The molecule has 3 atom stereocenters. The Balaban J connectivity index is 1.85. The summed E-state index contributed by atoms with van der Waals surface area (Å²) >= 11 is 0. The molecule has 0 radical (unpaired) electrons. The normalized spacial score (nSPS) is 26.3. The van der Waals surface area contributed by atoms with Crippen molar-refractivity contribution in [1.29, 1.82) is 0 Å². The van der Waals surface area contributed by atoms with E-state index < -0.39 is 0 Å². The number of aliphatic hydroxyl groups is 1. The van der Waals surface area contributed by atoms with E-state index in [0.29, 0.717) is 11.8 Å². The summed E-state index contributed by atoms with van der Waals surface area (Å²) in [5.41, 5.74) is 1.40. The standard InChI is InChI=1S/C14H20O/c1-2-3-9-14(15)13-10-12(13)11-7-5-4-6-8-11/h4-8,12-15H,2-3,9-10H2,1H3/t12-,13+,14+/m1/s1. The Bertz CT molecular complexity index is 293. The molecule has 1 aromatic rings. The topological polar surface area (TPSA) is 20.2 Å². The van der Waals surface area contributed by atoms with E-state index in [0.717, 1.165) is 12.8 Å². The smallest absolute Gasteiger partial charge is 0.0574 e. The molecule has 1 saturated carbocycles. The van der Waals surface area contributed by atoms with Crippen LogP contribution in [0.3, 0.4) is 0 Å². The summed E-state index contributed by atoms with van der Waals surface area (Å²) in [5, 5.41) is 9.95. The highest BCUT2D eigenvalue weighted by molar-refractivity contribution is 5.26. The van der Waals surface area contributed by atoms with Gasteiger partial charge in [0.15, 0.2) is 0 Å². The van der Waals surface area contributed by atoms with Gasteiger partial charge in [-0.1, -0.05) is 50.1 Å². The minimum absolute atomic E-state index is 0.0739. The fourth-order valence-corrected chi connectivity index (χ4v) is 2.35. The first-order valence-electron chi connectivity index (χ1n) is 6.06. The lowest BCUT2D eigenvalue weighted by Crippen LogP contribution is -2.09. The van der Waals surface area contributed by atoms with Crippen molar-refractivity contribution in [2.45, 2.75) is 44.6 Å². The molecular formula is C14H20O. The predicted octanol–water partition coefficient (Wildman–Crippen LogP) is 3.34. The summed E-state index contributed by atoms with van der Waals surface area (Å²) in [4.78, 5) is 0. The maximum absolute atomic E-state index is 9.95.